The minimum Gasteiger partial charge on any atom is -1.00 e. The number of allylic oxidation sites excluding steroid dienone is 4. The van der Waals surface area contributed by atoms with Gasteiger partial charge < -0.3 is 24.8 Å². The van der Waals surface area contributed by atoms with Crippen LogP contribution in [0.1, 0.15) is 137 Å². The molecule has 0 bridgehead atoms. The average molecular weight is 685 g/mol. The molecule has 42 heavy (non-hydrogen) atoms. The van der Waals surface area contributed by atoms with Crippen LogP contribution in [0.3, 0.4) is 0 Å². The van der Waals surface area contributed by atoms with E-state index in [1.165, 1.54) is 49.7 Å². The van der Waals surface area contributed by atoms with Crippen LogP contribution in [-0.2, 0) is 38.5 Å². The van der Waals surface area contributed by atoms with Gasteiger partial charge in [-0.3, -0.25) is 0 Å². The summed E-state index contributed by atoms with van der Waals surface area (Å²) in [5.74, 6) is 0.577. The minimum atomic E-state index is -2.43. The molecule has 3 heteroatoms. The van der Waals surface area contributed by atoms with Crippen LogP contribution < -0.4 is 28.1 Å². The first-order chi connectivity index (χ1) is 18.6. The molecule has 5 rings (SSSR count). The van der Waals surface area contributed by atoms with Gasteiger partial charge in [-0.15, -0.1) is 0 Å². The fraction of sp³-hybridized carbons (Fsp3) is 0.564. The van der Waals surface area contributed by atoms with E-state index in [2.05, 4.69) is 113 Å². The molecule has 0 spiro atoms. The Morgan fingerprint density at radius 2 is 1.38 bits per heavy atom. The second kappa shape index (κ2) is 12.9. The molecule has 0 radical (unpaired) electrons. The molecule has 1 fully saturated rings. The van der Waals surface area contributed by atoms with Crippen LogP contribution >= 0.6 is 0 Å². The summed E-state index contributed by atoms with van der Waals surface area (Å²) in [6.45, 7) is 26.7. The summed E-state index contributed by atoms with van der Waals surface area (Å²) in [5.41, 5.74) is 13.4. The first kappa shape index (κ1) is 35.7. The Kier molecular flexibility index (Phi) is 11.0. The fourth-order valence-corrected chi connectivity index (χ4v) is 18.2. The van der Waals surface area contributed by atoms with Crippen LogP contribution in [-0.4, -0.2) is 3.21 Å². The van der Waals surface area contributed by atoms with Gasteiger partial charge in [-0.1, -0.05) is 0 Å². The van der Waals surface area contributed by atoms with E-state index in [1.807, 2.05) is 9.76 Å². The van der Waals surface area contributed by atoms with Crippen molar-refractivity contribution in [3.8, 4) is 11.1 Å². The molecule has 3 aliphatic carbocycles. The molecule has 0 aromatic heterocycles. The Morgan fingerprint density at radius 1 is 0.762 bits per heavy atom. The van der Waals surface area contributed by atoms with E-state index < -0.39 is 21.3 Å². The summed E-state index contributed by atoms with van der Waals surface area (Å²) in [6, 6.07) is 12.5. The van der Waals surface area contributed by atoms with Gasteiger partial charge in [0.15, 0.2) is 0 Å². The number of benzene rings is 2. The Morgan fingerprint density at radius 3 is 1.93 bits per heavy atom. The molecule has 0 saturated heterocycles. The minimum absolute atomic E-state index is 0. The standard InChI is InChI=1S/C21H25.C12H19.C6H10.2ClH.Zr/c1-20(2,3)16-7-9-18-14(12-16)11-15-13-17(21(4,5)6)8-10-19(15)18;1-6-10-7-9(2)8-11(10)12(3,4)5;1-2-4-6-5-3-1;;;/h7-10,12H,11H2,1-6H3;8-9H,6H2,1-5H3;1-5H2;2*1H;/q;;;;;+2/p-2. The first-order valence-electron chi connectivity index (χ1n) is 16.1. The van der Waals surface area contributed by atoms with Gasteiger partial charge in [0.05, 0.1) is 0 Å². The predicted octanol–water partition coefficient (Wildman–Crippen LogP) is 4.53. The molecule has 2 aromatic rings. The summed E-state index contributed by atoms with van der Waals surface area (Å²) in [7, 11) is 0. The Balaban J connectivity index is 0.00000242. The maximum Gasteiger partial charge on any atom is -1.00 e. The second-order valence-corrected chi connectivity index (χ2v) is 22.1. The molecule has 228 valence electrons. The van der Waals surface area contributed by atoms with Crippen molar-refractivity contribution >= 4 is 6.48 Å². The molecular formula is C39H54Cl2Zr. The van der Waals surface area contributed by atoms with Crippen LogP contribution in [0, 0.1) is 11.3 Å². The zero-order valence-electron chi connectivity index (χ0n) is 28.2. The smallest absolute Gasteiger partial charge is 1.00 e. The largest absolute Gasteiger partial charge is 1.00 e. The third-order valence-corrected chi connectivity index (χ3v) is 18.5. The quantitative estimate of drug-likeness (QED) is 0.381. The monoisotopic (exact) mass is 682 g/mol. The van der Waals surface area contributed by atoms with E-state index in [0.29, 0.717) is 5.92 Å². The van der Waals surface area contributed by atoms with Crippen molar-refractivity contribution in [2.75, 3.05) is 0 Å². The van der Waals surface area contributed by atoms with Crippen molar-refractivity contribution in [2.24, 2.45) is 11.3 Å². The number of rotatable bonds is 3. The molecule has 0 aliphatic heterocycles. The van der Waals surface area contributed by atoms with E-state index in [9.17, 15) is 0 Å². The summed E-state index contributed by atoms with van der Waals surface area (Å²) in [4.78, 5) is 0. The van der Waals surface area contributed by atoms with Gasteiger partial charge in [-0.05, 0) is 0 Å². The van der Waals surface area contributed by atoms with Gasteiger partial charge in [0, 0.05) is 0 Å². The summed E-state index contributed by atoms with van der Waals surface area (Å²) >= 11 is -2.43. The molecule has 1 unspecified atom stereocenters. The van der Waals surface area contributed by atoms with Gasteiger partial charge >= 0.3 is 255 Å². The Hall–Kier alpha value is -0.747. The molecule has 0 heterocycles. The molecule has 0 nitrogen and oxygen atoms in total. The first-order valence-corrected chi connectivity index (χ1v) is 19.8. The molecule has 1 atom stereocenters. The zero-order valence-corrected chi connectivity index (χ0v) is 32.2. The van der Waals surface area contributed by atoms with Crippen LogP contribution in [0.15, 0.2) is 50.8 Å². The number of fused-ring (bicyclic) bond motifs is 3. The van der Waals surface area contributed by atoms with Gasteiger partial charge in [-0.2, -0.15) is 0 Å². The van der Waals surface area contributed by atoms with Crippen molar-refractivity contribution in [1.29, 1.82) is 0 Å². The zero-order chi connectivity index (χ0) is 29.2. The average Bonchev–Trinajstić information content (AvgIpc) is 3.41. The van der Waals surface area contributed by atoms with Gasteiger partial charge in [0.2, 0.25) is 0 Å². The van der Waals surface area contributed by atoms with Crippen LogP contribution in [0.2, 0.25) is 0 Å². The number of hydrogen-bond acceptors (Lipinski definition) is 0. The third kappa shape index (κ3) is 6.61. The molecule has 1 saturated carbocycles. The fourth-order valence-electron chi connectivity index (χ4n) is 7.70. The molecule has 0 amide bonds. The van der Waals surface area contributed by atoms with E-state index in [-0.39, 0.29) is 41.1 Å². The number of halogens is 2. The SMILES string of the molecule is CCC1=[C]([Zr+2](=[C]2CCCCC2)[c]2c(C(C)(C)C)ccc3c2Cc2cc(C(C)(C)C)ccc2-3)C(C)C=C1C(C)(C)C.[Cl-].[Cl-]. The van der Waals surface area contributed by atoms with E-state index >= 15 is 0 Å². The Bertz CT molecular complexity index is 1420. The van der Waals surface area contributed by atoms with Crippen molar-refractivity contribution in [1.82, 2.24) is 0 Å². The van der Waals surface area contributed by atoms with E-state index in [4.69, 9.17) is 0 Å². The van der Waals surface area contributed by atoms with Gasteiger partial charge in [0.25, 0.3) is 0 Å². The van der Waals surface area contributed by atoms with E-state index in [0.717, 1.165) is 6.42 Å². The van der Waals surface area contributed by atoms with Crippen molar-refractivity contribution < 1.29 is 46.1 Å². The maximum absolute atomic E-state index is 2.68. The van der Waals surface area contributed by atoms with Crippen molar-refractivity contribution in [3.05, 3.63) is 73.1 Å². The normalized spacial score (nSPS) is 18.5. The second-order valence-electron chi connectivity index (χ2n) is 16.0. The maximum atomic E-state index is 2.68. The van der Waals surface area contributed by atoms with Crippen LogP contribution in [0.4, 0.5) is 0 Å². The predicted molar refractivity (Wildman–Crippen MR) is 174 cm³/mol. The van der Waals surface area contributed by atoms with Crippen molar-refractivity contribution in [2.45, 2.75) is 132 Å². The Labute approximate surface area is 278 Å². The van der Waals surface area contributed by atoms with Crippen LogP contribution in [0.25, 0.3) is 11.1 Å². The van der Waals surface area contributed by atoms with Gasteiger partial charge in [0.1, 0.15) is 0 Å². The summed E-state index contributed by atoms with van der Waals surface area (Å²) in [6.07, 6.45) is 11.9. The third-order valence-electron chi connectivity index (χ3n) is 9.76. The molecule has 0 N–H and O–H groups in total. The molecule has 3 aliphatic rings. The molecule has 2 aromatic carbocycles. The molecular weight excluding hydrogens is 631 g/mol. The van der Waals surface area contributed by atoms with Crippen molar-refractivity contribution in [3.63, 3.8) is 0 Å². The summed E-state index contributed by atoms with van der Waals surface area (Å²) < 4.78 is 5.81. The van der Waals surface area contributed by atoms with E-state index in [1.54, 1.807) is 33.4 Å². The number of hydrogen-bond donors (Lipinski definition) is 0. The topological polar surface area (TPSA) is 0 Å². The summed E-state index contributed by atoms with van der Waals surface area (Å²) in [5, 5.41) is 0. The van der Waals surface area contributed by atoms with Gasteiger partial charge in [-0.25, -0.2) is 0 Å². The van der Waals surface area contributed by atoms with Crippen LogP contribution in [0.5, 0.6) is 0 Å².